The van der Waals surface area contributed by atoms with Crippen LogP contribution >= 0.6 is 11.8 Å². The van der Waals surface area contributed by atoms with E-state index in [1.165, 1.54) is 30.7 Å². The minimum Gasteiger partial charge on any atom is -0.314 e. The number of hydrogen-bond acceptors (Lipinski definition) is 3. The summed E-state index contributed by atoms with van der Waals surface area (Å²) >= 11 is 1.93. The number of hydrogen-bond donors (Lipinski definition) is 1. The SMILES string of the molecule is CN1CCCCC1CNCCSc1ccccc1. The van der Waals surface area contributed by atoms with Gasteiger partial charge in [0.15, 0.2) is 0 Å². The molecular weight excluding hydrogens is 240 g/mol. The van der Waals surface area contributed by atoms with Crippen LogP contribution in [0.15, 0.2) is 35.2 Å². The molecular formula is C15H24N2S. The number of piperidine rings is 1. The summed E-state index contributed by atoms with van der Waals surface area (Å²) in [6, 6.07) is 11.4. The monoisotopic (exact) mass is 264 g/mol. The van der Waals surface area contributed by atoms with Crippen molar-refractivity contribution in [1.82, 2.24) is 10.2 Å². The highest BCUT2D eigenvalue weighted by Crippen LogP contribution is 2.16. The van der Waals surface area contributed by atoms with Crippen LogP contribution in [0, 0.1) is 0 Å². The summed E-state index contributed by atoms with van der Waals surface area (Å²) in [7, 11) is 2.25. The fraction of sp³-hybridized carbons (Fsp3) is 0.600. The van der Waals surface area contributed by atoms with Crippen molar-refractivity contribution in [3.8, 4) is 0 Å². The maximum atomic E-state index is 3.59. The van der Waals surface area contributed by atoms with Gasteiger partial charge in [0.2, 0.25) is 0 Å². The van der Waals surface area contributed by atoms with Gasteiger partial charge in [-0.15, -0.1) is 11.8 Å². The quantitative estimate of drug-likeness (QED) is 0.628. The Bertz CT molecular complexity index is 329. The number of thioether (sulfide) groups is 1. The molecule has 0 radical (unpaired) electrons. The molecule has 1 aromatic rings. The fourth-order valence-corrected chi connectivity index (χ4v) is 3.26. The van der Waals surface area contributed by atoms with E-state index >= 15 is 0 Å². The lowest BCUT2D eigenvalue weighted by atomic mass is 10.0. The molecule has 0 aliphatic carbocycles. The molecule has 2 nitrogen and oxygen atoms in total. The van der Waals surface area contributed by atoms with E-state index in [4.69, 9.17) is 0 Å². The van der Waals surface area contributed by atoms with E-state index in [1.54, 1.807) is 0 Å². The molecule has 1 N–H and O–H groups in total. The normalized spacial score (nSPS) is 21.1. The highest BCUT2D eigenvalue weighted by molar-refractivity contribution is 7.99. The van der Waals surface area contributed by atoms with E-state index in [9.17, 15) is 0 Å². The van der Waals surface area contributed by atoms with Gasteiger partial charge in [-0.3, -0.25) is 0 Å². The Labute approximate surface area is 115 Å². The molecule has 0 bridgehead atoms. The molecule has 1 aromatic carbocycles. The van der Waals surface area contributed by atoms with Gasteiger partial charge in [0.25, 0.3) is 0 Å². The molecule has 3 heteroatoms. The van der Waals surface area contributed by atoms with Crippen LogP contribution in [0.3, 0.4) is 0 Å². The summed E-state index contributed by atoms with van der Waals surface area (Å²) < 4.78 is 0. The maximum Gasteiger partial charge on any atom is 0.0217 e. The Morgan fingerprint density at radius 3 is 2.89 bits per heavy atom. The molecule has 0 amide bonds. The van der Waals surface area contributed by atoms with Gasteiger partial charge in [0.1, 0.15) is 0 Å². The average molecular weight is 264 g/mol. The first kappa shape index (κ1) is 13.9. The molecule has 0 aromatic heterocycles. The summed E-state index contributed by atoms with van der Waals surface area (Å²) in [5.74, 6) is 1.15. The van der Waals surface area contributed by atoms with Crippen LogP contribution in [-0.4, -0.2) is 43.4 Å². The second-order valence-corrected chi connectivity index (χ2v) is 6.16. The van der Waals surface area contributed by atoms with Crippen LogP contribution in [0.2, 0.25) is 0 Å². The van der Waals surface area contributed by atoms with Crippen molar-refractivity contribution in [3.05, 3.63) is 30.3 Å². The van der Waals surface area contributed by atoms with Crippen molar-refractivity contribution >= 4 is 11.8 Å². The van der Waals surface area contributed by atoms with Gasteiger partial charge in [0, 0.05) is 29.8 Å². The molecule has 1 saturated heterocycles. The third-order valence-electron chi connectivity index (χ3n) is 3.59. The standard InChI is InChI=1S/C15H24N2S/c1-17-11-6-5-7-14(17)13-16-10-12-18-15-8-3-2-4-9-15/h2-4,8-9,14,16H,5-7,10-13H2,1H3. The molecule has 18 heavy (non-hydrogen) atoms. The third-order valence-corrected chi connectivity index (χ3v) is 4.61. The summed E-state index contributed by atoms with van der Waals surface area (Å²) in [5, 5.41) is 3.59. The second kappa shape index (κ2) is 7.82. The van der Waals surface area contributed by atoms with Crippen molar-refractivity contribution in [2.45, 2.75) is 30.2 Å². The van der Waals surface area contributed by atoms with E-state index in [1.807, 2.05) is 11.8 Å². The lowest BCUT2D eigenvalue weighted by Gasteiger charge is -2.32. The number of rotatable bonds is 6. The topological polar surface area (TPSA) is 15.3 Å². The molecule has 1 aliphatic heterocycles. The molecule has 1 atom stereocenters. The van der Waals surface area contributed by atoms with Gasteiger partial charge in [-0.2, -0.15) is 0 Å². The van der Waals surface area contributed by atoms with E-state index in [0.717, 1.165) is 24.9 Å². The predicted octanol–water partition coefficient (Wildman–Crippen LogP) is 2.85. The van der Waals surface area contributed by atoms with Crippen molar-refractivity contribution in [2.24, 2.45) is 0 Å². The lowest BCUT2D eigenvalue weighted by Crippen LogP contribution is -2.43. The van der Waals surface area contributed by atoms with Crippen LogP contribution in [-0.2, 0) is 0 Å². The van der Waals surface area contributed by atoms with Gasteiger partial charge in [0.05, 0.1) is 0 Å². The number of nitrogens with zero attached hydrogens (tertiary/aromatic N) is 1. The smallest absolute Gasteiger partial charge is 0.0217 e. The van der Waals surface area contributed by atoms with Gasteiger partial charge >= 0.3 is 0 Å². The number of likely N-dealkylation sites (N-methyl/N-ethyl adjacent to an activating group) is 1. The Morgan fingerprint density at radius 2 is 2.11 bits per heavy atom. The Hall–Kier alpha value is -0.510. The summed E-state index contributed by atoms with van der Waals surface area (Å²) in [6.07, 6.45) is 4.13. The molecule has 1 aliphatic rings. The van der Waals surface area contributed by atoms with E-state index < -0.39 is 0 Å². The highest BCUT2D eigenvalue weighted by atomic mass is 32.2. The second-order valence-electron chi connectivity index (χ2n) is 5.00. The first-order chi connectivity index (χ1) is 8.86. The molecule has 0 saturated carbocycles. The third kappa shape index (κ3) is 4.63. The molecule has 0 spiro atoms. The molecule has 100 valence electrons. The van der Waals surface area contributed by atoms with Crippen molar-refractivity contribution in [2.75, 3.05) is 32.4 Å². The van der Waals surface area contributed by atoms with Crippen LogP contribution in [0.4, 0.5) is 0 Å². The predicted molar refractivity (Wildman–Crippen MR) is 80.3 cm³/mol. The Kier molecular flexibility index (Phi) is 6.05. The van der Waals surface area contributed by atoms with E-state index in [2.05, 4.69) is 47.6 Å². The largest absolute Gasteiger partial charge is 0.314 e. The number of nitrogens with one attached hydrogen (secondary N) is 1. The van der Waals surface area contributed by atoms with Crippen LogP contribution in [0.25, 0.3) is 0 Å². The van der Waals surface area contributed by atoms with Crippen molar-refractivity contribution in [3.63, 3.8) is 0 Å². The Balaban J connectivity index is 1.56. The first-order valence-electron chi connectivity index (χ1n) is 6.95. The zero-order chi connectivity index (χ0) is 12.6. The minimum absolute atomic E-state index is 0.750. The summed E-state index contributed by atoms with van der Waals surface area (Å²) in [4.78, 5) is 3.87. The fourth-order valence-electron chi connectivity index (χ4n) is 2.43. The first-order valence-corrected chi connectivity index (χ1v) is 7.93. The summed E-state index contributed by atoms with van der Waals surface area (Å²) in [5.41, 5.74) is 0. The average Bonchev–Trinajstić information content (AvgIpc) is 2.42. The van der Waals surface area contributed by atoms with E-state index in [0.29, 0.717) is 0 Å². The molecule has 1 fully saturated rings. The van der Waals surface area contributed by atoms with Crippen molar-refractivity contribution < 1.29 is 0 Å². The van der Waals surface area contributed by atoms with Gasteiger partial charge < -0.3 is 10.2 Å². The minimum atomic E-state index is 0.750. The van der Waals surface area contributed by atoms with Crippen LogP contribution in [0.5, 0.6) is 0 Å². The van der Waals surface area contributed by atoms with Gasteiger partial charge in [-0.1, -0.05) is 24.6 Å². The van der Waals surface area contributed by atoms with Gasteiger partial charge in [-0.25, -0.2) is 0 Å². The van der Waals surface area contributed by atoms with Gasteiger partial charge in [-0.05, 0) is 38.6 Å². The lowest BCUT2D eigenvalue weighted by molar-refractivity contribution is 0.182. The zero-order valence-corrected chi connectivity index (χ0v) is 12.1. The van der Waals surface area contributed by atoms with Crippen LogP contribution in [0.1, 0.15) is 19.3 Å². The summed E-state index contributed by atoms with van der Waals surface area (Å²) in [6.45, 7) is 3.51. The molecule has 2 rings (SSSR count). The number of benzene rings is 1. The molecule has 1 unspecified atom stereocenters. The highest BCUT2D eigenvalue weighted by Gasteiger charge is 2.17. The number of likely N-dealkylation sites (tertiary alicyclic amines) is 1. The van der Waals surface area contributed by atoms with Crippen LogP contribution < -0.4 is 5.32 Å². The van der Waals surface area contributed by atoms with Crippen molar-refractivity contribution in [1.29, 1.82) is 0 Å². The van der Waals surface area contributed by atoms with E-state index in [-0.39, 0.29) is 0 Å². The maximum absolute atomic E-state index is 3.59. The Morgan fingerprint density at radius 1 is 1.28 bits per heavy atom. The zero-order valence-electron chi connectivity index (χ0n) is 11.3. The molecule has 1 heterocycles.